The number of aryl methyl sites for hydroxylation is 1. The normalized spacial score (nSPS) is 18.2. The lowest BCUT2D eigenvalue weighted by atomic mass is 9.95. The van der Waals surface area contributed by atoms with Crippen LogP contribution in [0.2, 0.25) is 0 Å². The van der Waals surface area contributed by atoms with Gasteiger partial charge >= 0.3 is 0 Å². The maximum atomic E-state index is 13.9. The van der Waals surface area contributed by atoms with Crippen LogP contribution in [-0.4, -0.2) is 76.4 Å². The molecule has 12 nitrogen and oxygen atoms in total. The standard InChI is InChI=1S/C29H38N6O6/c1-19-11-13-24(41-19)27(29(37)30-21-8-5-4-6-9-21)34(17-22-10-7-15-40-22)26(36)18-35-32-28(31-33-35)20-12-14-23(38-2)25(16-20)39-3/h11-14,16,21-22,27H,4-10,15,17-18H2,1-3H3,(H,30,37)/t22-,27+/m1/s1. The molecule has 1 N–H and O–H groups in total. The second-order valence-corrected chi connectivity index (χ2v) is 10.6. The molecule has 1 aromatic carbocycles. The van der Waals surface area contributed by atoms with Crippen molar-refractivity contribution < 1.29 is 28.2 Å². The number of benzene rings is 1. The molecule has 1 aliphatic heterocycles. The van der Waals surface area contributed by atoms with E-state index in [0.29, 0.717) is 41.0 Å². The number of ether oxygens (including phenoxy) is 3. The van der Waals surface area contributed by atoms with Gasteiger partial charge in [0, 0.05) is 24.8 Å². The van der Waals surface area contributed by atoms with Crippen molar-refractivity contribution in [1.82, 2.24) is 30.4 Å². The third-order valence-electron chi connectivity index (χ3n) is 7.66. The molecule has 3 heterocycles. The molecular formula is C29H38N6O6. The SMILES string of the molecule is COc1ccc(-c2nnn(CC(=O)N(C[C@H]3CCCO3)[C@H](C(=O)NC3CCCCC3)c3ccc(C)o3)n2)cc1OC. The summed E-state index contributed by atoms with van der Waals surface area (Å²) in [6, 6.07) is 7.99. The van der Waals surface area contributed by atoms with E-state index >= 15 is 0 Å². The zero-order valence-corrected chi connectivity index (χ0v) is 23.9. The van der Waals surface area contributed by atoms with Crippen molar-refractivity contribution >= 4 is 11.8 Å². The number of rotatable bonds is 11. The molecule has 1 saturated carbocycles. The fraction of sp³-hybridized carbons (Fsp3) is 0.552. The van der Waals surface area contributed by atoms with Crippen LogP contribution in [0.25, 0.3) is 11.4 Å². The Morgan fingerprint density at radius 2 is 1.88 bits per heavy atom. The van der Waals surface area contributed by atoms with Gasteiger partial charge in [0.15, 0.2) is 17.5 Å². The van der Waals surface area contributed by atoms with Gasteiger partial charge in [-0.15, -0.1) is 10.2 Å². The van der Waals surface area contributed by atoms with E-state index in [1.54, 1.807) is 49.5 Å². The predicted octanol–water partition coefficient (Wildman–Crippen LogP) is 3.46. The highest BCUT2D eigenvalue weighted by molar-refractivity contribution is 5.88. The minimum atomic E-state index is -0.948. The van der Waals surface area contributed by atoms with E-state index in [4.69, 9.17) is 18.6 Å². The Balaban J connectivity index is 1.40. The van der Waals surface area contributed by atoms with Gasteiger partial charge in [-0.2, -0.15) is 4.80 Å². The summed E-state index contributed by atoms with van der Waals surface area (Å²) in [5.74, 6) is 1.93. The van der Waals surface area contributed by atoms with Crippen molar-refractivity contribution in [2.24, 2.45) is 0 Å². The maximum Gasteiger partial charge on any atom is 0.250 e. The van der Waals surface area contributed by atoms with Gasteiger partial charge in [0.05, 0.1) is 20.3 Å². The number of furan rings is 1. The van der Waals surface area contributed by atoms with E-state index in [0.717, 1.165) is 38.5 Å². The first-order valence-corrected chi connectivity index (χ1v) is 14.2. The molecule has 2 amide bonds. The quantitative estimate of drug-likeness (QED) is 0.370. The lowest BCUT2D eigenvalue weighted by Crippen LogP contribution is -2.49. The summed E-state index contributed by atoms with van der Waals surface area (Å²) in [7, 11) is 3.11. The van der Waals surface area contributed by atoms with Crippen LogP contribution >= 0.6 is 0 Å². The van der Waals surface area contributed by atoms with Crippen molar-refractivity contribution in [3.05, 3.63) is 41.9 Å². The van der Waals surface area contributed by atoms with Gasteiger partial charge in [-0.05, 0) is 68.2 Å². The molecule has 0 radical (unpaired) electrons. The summed E-state index contributed by atoms with van der Waals surface area (Å²) in [6.45, 7) is 2.49. The molecule has 0 bridgehead atoms. The molecule has 2 atom stereocenters. The molecule has 220 valence electrons. The van der Waals surface area contributed by atoms with Gasteiger partial charge in [0.25, 0.3) is 5.91 Å². The fourth-order valence-corrected chi connectivity index (χ4v) is 5.52. The molecule has 3 aromatic rings. The minimum absolute atomic E-state index is 0.0792. The fourth-order valence-electron chi connectivity index (χ4n) is 5.52. The molecule has 5 rings (SSSR count). The highest BCUT2D eigenvalue weighted by Crippen LogP contribution is 2.31. The summed E-state index contributed by atoms with van der Waals surface area (Å²) in [6.07, 6.45) is 6.73. The number of carbonyl (C=O) groups is 2. The second kappa shape index (κ2) is 13.2. The van der Waals surface area contributed by atoms with E-state index < -0.39 is 6.04 Å². The lowest BCUT2D eigenvalue weighted by molar-refractivity contribution is -0.144. The molecule has 1 saturated heterocycles. The van der Waals surface area contributed by atoms with E-state index in [9.17, 15) is 9.59 Å². The van der Waals surface area contributed by atoms with Crippen molar-refractivity contribution in [2.45, 2.75) is 76.6 Å². The van der Waals surface area contributed by atoms with Crippen LogP contribution in [0, 0.1) is 6.92 Å². The summed E-state index contributed by atoms with van der Waals surface area (Å²) in [4.78, 5) is 30.5. The van der Waals surface area contributed by atoms with Crippen LogP contribution in [-0.2, 0) is 20.9 Å². The first-order valence-electron chi connectivity index (χ1n) is 14.2. The Morgan fingerprint density at radius 1 is 1.07 bits per heavy atom. The zero-order valence-electron chi connectivity index (χ0n) is 23.9. The zero-order chi connectivity index (χ0) is 28.8. The number of hydrogen-bond donors (Lipinski definition) is 1. The Bertz CT molecular complexity index is 1330. The number of hydrogen-bond acceptors (Lipinski definition) is 9. The van der Waals surface area contributed by atoms with Crippen LogP contribution in [0.3, 0.4) is 0 Å². The monoisotopic (exact) mass is 566 g/mol. The number of carbonyl (C=O) groups excluding carboxylic acids is 2. The van der Waals surface area contributed by atoms with Gasteiger partial charge in [-0.1, -0.05) is 19.3 Å². The molecule has 2 fully saturated rings. The molecule has 41 heavy (non-hydrogen) atoms. The average Bonchev–Trinajstić information content (AvgIpc) is 3.76. The van der Waals surface area contributed by atoms with Crippen molar-refractivity contribution in [3.63, 3.8) is 0 Å². The van der Waals surface area contributed by atoms with Gasteiger partial charge in [-0.3, -0.25) is 9.59 Å². The van der Waals surface area contributed by atoms with Crippen LogP contribution in [0.5, 0.6) is 11.5 Å². The Kier molecular flexibility index (Phi) is 9.17. The van der Waals surface area contributed by atoms with Crippen molar-refractivity contribution in [3.8, 4) is 22.9 Å². The third kappa shape index (κ3) is 6.87. The van der Waals surface area contributed by atoms with E-state index in [1.807, 2.05) is 6.92 Å². The van der Waals surface area contributed by atoms with E-state index in [2.05, 4.69) is 20.7 Å². The molecule has 2 aromatic heterocycles. The summed E-state index contributed by atoms with van der Waals surface area (Å²) >= 11 is 0. The number of methoxy groups -OCH3 is 2. The Hall–Kier alpha value is -3.93. The van der Waals surface area contributed by atoms with Crippen LogP contribution in [0.1, 0.15) is 62.5 Å². The highest BCUT2D eigenvalue weighted by atomic mass is 16.5. The van der Waals surface area contributed by atoms with Crippen LogP contribution in [0.4, 0.5) is 0 Å². The van der Waals surface area contributed by atoms with Crippen LogP contribution in [0.15, 0.2) is 34.7 Å². The van der Waals surface area contributed by atoms with Crippen molar-refractivity contribution in [1.29, 1.82) is 0 Å². The molecule has 12 heteroatoms. The van der Waals surface area contributed by atoms with Gasteiger partial charge < -0.3 is 28.8 Å². The van der Waals surface area contributed by atoms with E-state index in [1.165, 1.54) is 11.2 Å². The summed E-state index contributed by atoms with van der Waals surface area (Å²) in [5.41, 5.74) is 0.661. The van der Waals surface area contributed by atoms with Crippen LogP contribution < -0.4 is 14.8 Å². The molecule has 0 unspecified atom stereocenters. The smallest absolute Gasteiger partial charge is 0.250 e. The largest absolute Gasteiger partial charge is 0.493 e. The maximum absolute atomic E-state index is 13.9. The van der Waals surface area contributed by atoms with E-state index in [-0.39, 0.29) is 37.0 Å². The number of tetrazole rings is 1. The highest BCUT2D eigenvalue weighted by Gasteiger charge is 2.37. The third-order valence-corrected chi connectivity index (χ3v) is 7.66. The summed E-state index contributed by atoms with van der Waals surface area (Å²) in [5, 5.41) is 15.9. The average molecular weight is 567 g/mol. The molecular weight excluding hydrogens is 528 g/mol. The first kappa shape index (κ1) is 28.6. The molecule has 2 aliphatic rings. The predicted molar refractivity (Wildman–Crippen MR) is 148 cm³/mol. The van der Waals surface area contributed by atoms with Gasteiger partial charge in [0.1, 0.15) is 18.1 Å². The number of nitrogens with one attached hydrogen (secondary N) is 1. The van der Waals surface area contributed by atoms with Crippen molar-refractivity contribution in [2.75, 3.05) is 27.4 Å². The molecule has 1 aliphatic carbocycles. The number of aromatic nitrogens is 4. The second-order valence-electron chi connectivity index (χ2n) is 10.6. The Morgan fingerprint density at radius 3 is 2.56 bits per heavy atom. The van der Waals surface area contributed by atoms with Gasteiger partial charge in [0.2, 0.25) is 11.7 Å². The minimum Gasteiger partial charge on any atom is -0.493 e. The summed E-state index contributed by atoms with van der Waals surface area (Å²) < 4.78 is 22.5. The van der Waals surface area contributed by atoms with Gasteiger partial charge in [-0.25, -0.2) is 0 Å². The lowest BCUT2D eigenvalue weighted by Gasteiger charge is -2.33. The topological polar surface area (TPSA) is 134 Å². The Labute approximate surface area is 239 Å². The number of nitrogens with zero attached hydrogens (tertiary/aromatic N) is 5. The number of amides is 2. The molecule has 0 spiro atoms. The first-order chi connectivity index (χ1) is 19.9.